The van der Waals surface area contributed by atoms with Crippen LogP contribution in [0.3, 0.4) is 0 Å². The summed E-state index contributed by atoms with van der Waals surface area (Å²) in [6.45, 7) is 4.00. The maximum absolute atomic E-state index is 12.8. The zero-order chi connectivity index (χ0) is 57.7. The fourth-order valence-electron chi connectivity index (χ4n) is 7.31. The van der Waals surface area contributed by atoms with Gasteiger partial charge < -0.3 is 27.9 Å². The number of carbonyl (C=O) groups is 2. The average molecular weight is 1110 g/mol. The number of esters is 2. The maximum atomic E-state index is 12.8. The fraction of sp³-hybridized carbons (Fsp3) is 0.565. The SMILES string of the molecule is CC/C=C\C/C=C\C/C=C\C/C=C\C/C=C\C/C=C\C/C=C\C/C=C\C/C=C\C/C=C\C/C=C\C/C=C\CCCCC(=O)OC(COC(=O)CCCCCCC/C=C\C/C=C\CCCCCC)COP(=O)([O-])OCC[N+](C)(C)C. The maximum Gasteiger partial charge on any atom is 0.306 e. The van der Waals surface area contributed by atoms with Crippen LogP contribution < -0.4 is 4.89 Å². The van der Waals surface area contributed by atoms with E-state index in [1.807, 2.05) is 21.1 Å². The Balaban J connectivity index is 4.27. The summed E-state index contributed by atoms with van der Waals surface area (Å²) in [5, 5.41) is 0. The molecule has 2 atom stereocenters. The van der Waals surface area contributed by atoms with Crippen molar-refractivity contribution in [2.75, 3.05) is 47.5 Å². The van der Waals surface area contributed by atoms with E-state index >= 15 is 0 Å². The number of phosphoric acid groups is 1. The van der Waals surface area contributed by atoms with E-state index in [1.165, 1.54) is 32.1 Å². The Bertz CT molecular complexity index is 1930. The number of likely N-dealkylation sites (N-methyl/N-ethyl adjacent to an activating group) is 1. The summed E-state index contributed by atoms with van der Waals surface area (Å²) in [7, 11) is 1.10. The summed E-state index contributed by atoms with van der Waals surface area (Å²) in [6, 6.07) is 0. The van der Waals surface area contributed by atoms with Gasteiger partial charge in [-0.2, -0.15) is 0 Å². The van der Waals surface area contributed by atoms with Crippen molar-refractivity contribution in [1.82, 2.24) is 0 Å². The molecule has 79 heavy (non-hydrogen) atoms. The number of hydrogen-bond acceptors (Lipinski definition) is 8. The van der Waals surface area contributed by atoms with E-state index < -0.39 is 32.5 Å². The Morgan fingerprint density at radius 3 is 1.10 bits per heavy atom. The molecule has 0 aromatic heterocycles. The van der Waals surface area contributed by atoms with Crippen molar-refractivity contribution in [2.24, 2.45) is 0 Å². The molecule has 444 valence electrons. The van der Waals surface area contributed by atoms with Crippen LogP contribution >= 0.6 is 7.82 Å². The fourth-order valence-corrected chi connectivity index (χ4v) is 8.04. The summed E-state index contributed by atoms with van der Waals surface area (Å²) < 4.78 is 34.0. The van der Waals surface area contributed by atoms with Crippen LogP contribution in [0.4, 0.5) is 0 Å². The van der Waals surface area contributed by atoms with Crippen molar-refractivity contribution in [3.63, 3.8) is 0 Å². The molecule has 0 aliphatic heterocycles. The molecule has 0 N–H and O–H groups in total. The largest absolute Gasteiger partial charge is 0.756 e. The highest BCUT2D eigenvalue weighted by molar-refractivity contribution is 7.45. The highest BCUT2D eigenvalue weighted by atomic mass is 31.2. The van der Waals surface area contributed by atoms with Crippen LogP contribution in [-0.4, -0.2) is 70.0 Å². The van der Waals surface area contributed by atoms with Crippen molar-refractivity contribution in [2.45, 2.75) is 206 Å². The van der Waals surface area contributed by atoms with Crippen LogP contribution in [0.5, 0.6) is 0 Å². The number of rotatable bonds is 53. The lowest BCUT2D eigenvalue weighted by molar-refractivity contribution is -0.870. The quantitative estimate of drug-likeness (QED) is 0.0195. The van der Waals surface area contributed by atoms with Gasteiger partial charge in [0.25, 0.3) is 7.82 Å². The number of unbranched alkanes of at least 4 members (excludes halogenated alkanes) is 11. The first-order valence-electron chi connectivity index (χ1n) is 30.3. The minimum Gasteiger partial charge on any atom is -0.756 e. The van der Waals surface area contributed by atoms with Gasteiger partial charge in [0.05, 0.1) is 27.7 Å². The van der Waals surface area contributed by atoms with Gasteiger partial charge in [0.15, 0.2) is 6.10 Å². The first kappa shape index (κ1) is 74.4. The Kier molecular flexibility index (Phi) is 54.6. The molecule has 0 rings (SSSR count). The standard InChI is InChI=1S/C69H110NO8P/c1-6-8-10-12-14-16-18-20-22-24-25-26-27-28-29-30-31-32-33-34-35-36-37-38-39-40-41-42-43-44-45-46-48-50-52-54-56-58-60-62-69(72)78-67(66-77-79(73,74)76-64-63-70(3,4)5)65-75-68(71)61-59-57-55-53-51-49-47-23-21-19-17-15-13-11-9-7-2/h8,10,14,16-17,19-20,22-23,25-26,28-29,31-32,34-35,37-38,40-41,43-44,46-48,52,54,67H,6-7,9,11-13,15,18,21,24,27,30,33,36,39,42,45,49-51,53,55-66H2,1-5H3/b10-8-,16-14-,19-17-,22-20-,26-25-,29-28-,32-31-,35-34-,38-37-,41-40-,44-43-,47-23-,48-46-,54-52-. The lowest BCUT2D eigenvalue weighted by Crippen LogP contribution is -2.37. The molecule has 0 spiro atoms. The lowest BCUT2D eigenvalue weighted by Gasteiger charge is -2.28. The second-order valence-electron chi connectivity index (χ2n) is 20.6. The second-order valence-corrected chi connectivity index (χ2v) is 22.0. The van der Waals surface area contributed by atoms with Crippen molar-refractivity contribution in [1.29, 1.82) is 0 Å². The van der Waals surface area contributed by atoms with Crippen molar-refractivity contribution in [3.05, 3.63) is 170 Å². The number of phosphoric ester groups is 1. The number of allylic oxidation sites excluding steroid dienone is 28. The minimum atomic E-state index is -4.66. The molecule has 0 fully saturated rings. The highest BCUT2D eigenvalue weighted by Crippen LogP contribution is 2.38. The Morgan fingerprint density at radius 1 is 0.405 bits per heavy atom. The second kappa shape index (κ2) is 58.0. The van der Waals surface area contributed by atoms with Gasteiger partial charge in [0.2, 0.25) is 0 Å². The Hall–Kier alpha value is -4.63. The van der Waals surface area contributed by atoms with Crippen LogP contribution in [0, 0.1) is 0 Å². The molecule has 0 aromatic carbocycles. The molecule has 10 heteroatoms. The third-order valence-electron chi connectivity index (χ3n) is 12.0. The Morgan fingerprint density at radius 2 is 0.722 bits per heavy atom. The van der Waals surface area contributed by atoms with E-state index in [2.05, 4.69) is 184 Å². The predicted octanol–water partition coefficient (Wildman–Crippen LogP) is 18.8. The molecule has 0 aliphatic rings. The lowest BCUT2D eigenvalue weighted by atomic mass is 10.1. The molecule has 0 bridgehead atoms. The van der Waals surface area contributed by atoms with Crippen molar-refractivity contribution >= 4 is 19.8 Å². The summed E-state index contributed by atoms with van der Waals surface area (Å²) in [6.07, 6.45) is 88.4. The highest BCUT2D eigenvalue weighted by Gasteiger charge is 2.21. The number of nitrogens with zero attached hydrogens (tertiary/aromatic N) is 1. The number of ether oxygens (including phenoxy) is 2. The predicted molar refractivity (Wildman–Crippen MR) is 336 cm³/mol. The molecular formula is C69H110NO8P. The first-order chi connectivity index (χ1) is 38.5. The molecule has 2 unspecified atom stereocenters. The van der Waals surface area contributed by atoms with E-state index in [9.17, 15) is 19.0 Å². The summed E-state index contributed by atoms with van der Waals surface area (Å²) >= 11 is 0. The third kappa shape index (κ3) is 62.4. The van der Waals surface area contributed by atoms with E-state index in [4.69, 9.17) is 18.5 Å². The van der Waals surface area contributed by atoms with Gasteiger partial charge in [-0.1, -0.05) is 223 Å². The third-order valence-corrected chi connectivity index (χ3v) is 12.9. The normalized spacial score (nSPS) is 14.5. The molecule has 0 saturated carbocycles. The van der Waals surface area contributed by atoms with Crippen LogP contribution in [0.15, 0.2) is 170 Å². The number of carbonyl (C=O) groups excluding carboxylic acids is 2. The molecule has 0 radical (unpaired) electrons. The monoisotopic (exact) mass is 1110 g/mol. The summed E-state index contributed by atoms with van der Waals surface area (Å²) in [5.41, 5.74) is 0. The topological polar surface area (TPSA) is 111 Å². The van der Waals surface area contributed by atoms with Crippen molar-refractivity contribution in [3.8, 4) is 0 Å². The van der Waals surface area contributed by atoms with E-state index in [0.717, 1.165) is 128 Å². The minimum absolute atomic E-state index is 0.0514. The number of hydrogen-bond donors (Lipinski definition) is 0. The van der Waals surface area contributed by atoms with Crippen LogP contribution in [0.1, 0.15) is 200 Å². The smallest absolute Gasteiger partial charge is 0.306 e. The molecule has 0 saturated heterocycles. The molecule has 0 amide bonds. The van der Waals surface area contributed by atoms with Gasteiger partial charge in [0, 0.05) is 12.8 Å². The van der Waals surface area contributed by atoms with E-state index in [1.54, 1.807) is 0 Å². The van der Waals surface area contributed by atoms with Crippen LogP contribution in [0.25, 0.3) is 0 Å². The molecule has 9 nitrogen and oxygen atoms in total. The van der Waals surface area contributed by atoms with Gasteiger partial charge in [-0.3, -0.25) is 14.2 Å². The number of quaternary nitrogens is 1. The molecule has 0 aromatic rings. The van der Waals surface area contributed by atoms with E-state index in [-0.39, 0.29) is 26.1 Å². The van der Waals surface area contributed by atoms with Gasteiger partial charge >= 0.3 is 11.9 Å². The average Bonchev–Trinajstić information content (AvgIpc) is 3.41. The molecule has 0 aliphatic carbocycles. The van der Waals surface area contributed by atoms with Gasteiger partial charge in [-0.15, -0.1) is 0 Å². The zero-order valence-corrected chi connectivity index (χ0v) is 51.1. The Labute approximate surface area is 483 Å². The zero-order valence-electron chi connectivity index (χ0n) is 50.2. The first-order valence-corrected chi connectivity index (χ1v) is 31.8. The van der Waals surface area contributed by atoms with Gasteiger partial charge in [-0.25, -0.2) is 0 Å². The van der Waals surface area contributed by atoms with E-state index in [0.29, 0.717) is 23.9 Å². The van der Waals surface area contributed by atoms with Crippen LogP contribution in [0.2, 0.25) is 0 Å². The summed E-state index contributed by atoms with van der Waals surface area (Å²) in [4.78, 5) is 37.8. The van der Waals surface area contributed by atoms with Gasteiger partial charge in [0.1, 0.15) is 19.8 Å². The molecule has 0 heterocycles. The van der Waals surface area contributed by atoms with Crippen LogP contribution in [-0.2, 0) is 32.7 Å². The van der Waals surface area contributed by atoms with Crippen molar-refractivity contribution < 1.29 is 42.1 Å². The van der Waals surface area contributed by atoms with Gasteiger partial charge in [-0.05, 0) is 135 Å². The summed E-state index contributed by atoms with van der Waals surface area (Å²) in [5.74, 6) is -0.916. The molecular weight excluding hydrogens is 1000 g/mol.